The lowest BCUT2D eigenvalue weighted by molar-refractivity contribution is -0.118. The first-order valence-corrected chi connectivity index (χ1v) is 7.75. The van der Waals surface area contributed by atoms with Crippen molar-refractivity contribution in [1.82, 2.24) is 5.32 Å². The van der Waals surface area contributed by atoms with Crippen LogP contribution in [0.2, 0.25) is 0 Å². The highest BCUT2D eigenvalue weighted by Gasteiger charge is 2.06. The average molecular weight is 303 g/mol. The number of aryl methyl sites for hydroxylation is 2. The van der Waals surface area contributed by atoms with Crippen LogP contribution < -0.4 is 5.32 Å². The van der Waals surface area contributed by atoms with E-state index in [0.29, 0.717) is 11.3 Å². The third-order valence-electron chi connectivity index (χ3n) is 3.12. The molecule has 0 bridgehead atoms. The van der Waals surface area contributed by atoms with Crippen molar-refractivity contribution in [3.05, 3.63) is 65.0 Å². The molecule has 0 heterocycles. The van der Waals surface area contributed by atoms with E-state index in [1.165, 1.54) is 29.0 Å². The van der Waals surface area contributed by atoms with Gasteiger partial charge in [-0.3, -0.25) is 4.79 Å². The summed E-state index contributed by atoms with van der Waals surface area (Å²) < 4.78 is 13.4. The number of carbonyl (C=O) groups is 1. The van der Waals surface area contributed by atoms with Crippen LogP contribution in [0, 0.1) is 19.7 Å². The monoisotopic (exact) mass is 303 g/mol. The second-order valence-electron chi connectivity index (χ2n) is 4.93. The maximum absolute atomic E-state index is 13.4. The summed E-state index contributed by atoms with van der Waals surface area (Å²) in [4.78, 5) is 12.9. The number of thioether (sulfide) groups is 1. The van der Waals surface area contributed by atoms with Crippen LogP contribution >= 0.6 is 11.8 Å². The van der Waals surface area contributed by atoms with Gasteiger partial charge in [0.1, 0.15) is 5.82 Å². The van der Waals surface area contributed by atoms with Gasteiger partial charge in [0.25, 0.3) is 0 Å². The van der Waals surface area contributed by atoms with Crippen LogP contribution in [0.5, 0.6) is 0 Å². The molecule has 0 aromatic heterocycles. The van der Waals surface area contributed by atoms with Gasteiger partial charge in [-0.05, 0) is 31.5 Å². The molecule has 0 spiro atoms. The van der Waals surface area contributed by atoms with Gasteiger partial charge >= 0.3 is 0 Å². The van der Waals surface area contributed by atoms with Crippen molar-refractivity contribution in [1.29, 1.82) is 0 Å². The van der Waals surface area contributed by atoms with Crippen LogP contribution in [-0.4, -0.2) is 11.7 Å². The molecule has 1 amide bonds. The van der Waals surface area contributed by atoms with E-state index in [0.717, 1.165) is 4.90 Å². The van der Waals surface area contributed by atoms with Crippen molar-refractivity contribution >= 4 is 17.7 Å². The Morgan fingerprint density at radius 1 is 1.19 bits per heavy atom. The molecule has 2 nitrogen and oxygen atoms in total. The van der Waals surface area contributed by atoms with Crippen molar-refractivity contribution in [3.63, 3.8) is 0 Å². The zero-order chi connectivity index (χ0) is 15.2. The number of rotatable bonds is 5. The van der Waals surface area contributed by atoms with E-state index in [1.54, 1.807) is 18.2 Å². The molecular weight excluding hydrogens is 285 g/mol. The summed E-state index contributed by atoms with van der Waals surface area (Å²) in [5.74, 6) is -0.0544. The summed E-state index contributed by atoms with van der Waals surface area (Å²) in [7, 11) is 0. The van der Waals surface area contributed by atoms with Crippen molar-refractivity contribution in [3.8, 4) is 0 Å². The Morgan fingerprint density at radius 2 is 1.95 bits per heavy atom. The van der Waals surface area contributed by atoms with E-state index in [1.807, 2.05) is 26.0 Å². The minimum atomic E-state index is -0.292. The number of amides is 1. The quantitative estimate of drug-likeness (QED) is 0.850. The average Bonchev–Trinajstić information content (AvgIpc) is 2.45. The molecular formula is C17H18FNOS. The lowest BCUT2D eigenvalue weighted by Gasteiger charge is -2.08. The summed E-state index contributed by atoms with van der Waals surface area (Å²) in [6, 6.07) is 12.6. The molecule has 0 aliphatic heterocycles. The van der Waals surface area contributed by atoms with Crippen LogP contribution in [-0.2, 0) is 11.3 Å². The molecule has 0 aliphatic rings. The van der Waals surface area contributed by atoms with Gasteiger partial charge in [0.15, 0.2) is 0 Å². The number of nitrogens with one attached hydrogen (secondary N) is 1. The molecule has 110 valence electrons. The van der Waals surface area contributed by atoms with Crippen molar-refractivity contribution in [2.24, 2.45) is 0 Å². The molecule has 2 aromatic carbocycles. The summed E-state index contributed by atoms with van der Waals surface area (Å²) in [5.41, 5.74) is 2.88. The maximum Gasteiger partial charge on any atom is 0.230 e. The number of carbonyl (C=O) groups excluding carboxylic acids is 1. The van der Waals surface area contributed by atoms with Gasteiger partial charge in [-0.25, -0.2) is 4.39 Å². The minimum absolute atomic E-state index is 0.0942. The van der Waals surface area contributed by atoms with Gasteiger partial charge in [-0.1, -0.05) is 35.9 Å². The van der Waals surface area contributed by atoms with Crippen LogP contribution in [0.15, 0.2) is 47.4 Å². The molecule has 0 fully saturated rings. The molecule has 2 rings (SSSR count). The minimum Gasteiger partial charge on any atom is -0.351 e. The summed E-state index contributed by atoms with van der Waals surface area (Å²) in [5, 5.41) is 2.74. The number of halogens is 1. The van der Waals surface area contributed by atoms with E-state index in [4.69, 9.17) is 0 Å². The third-order valence-corrected chi connectivity index (χ3v) is 4.30. The van der Waals surface area contributed by atoms with Crippen molar-refractivity contribution in [2.45, 2.75) is 25.3 Å². The highest BCUT2D eigenvalue weighted by molar-refractivity contribution is 8.00. The lowest BCUT2D eigenvalue weighted by atomic mass is 10.2. The summed E-state index contributed by atoms with van der Waals surface area (Å²) in [6.07, 6.45) is 0. The SMILES string of the molecule is Cc1ccc(SCC(=O)NCc2ccccc2F)c(C)c1. The first-order valence-electron chi connectivity index (χ1n) is 6.76. The standard InChI is InChI=1S/C17H18FNOS/c1-12-7-8-16(13(2)9-12)21-11-17(20)19-10-14-5-3-4-6-15(14)18/h3-9H,10-11H2,1-2H3,(H,19,20). The Kier molecular flexibility index (Phi) is 5.39. The topological polar surface area (TPSA) is 29.1 Å². The van der Waals surface area contributed by atoms with Crippen molar-refractivity contribution in [2.75, 3.05) is 5.75 Å². The second-order valence-corrected chi connectivity index (χ2v) is 5.94. The zero-order valence-electron chi connectivity index (χ0n) is 12.2. The normalized spacial score (nSPS) is 10.4. The van der Waals surface area contributed by atoms with E-state index in [9.17, 15) is 9.18 Å². The van der Waals surface area contributed by atoms with Gasteiger partial charge in [-0.2, -0.15) is 0 Å². The van der Waals surface area contributed by atoms with E-state index in [2.05, 4.69) is 11.4 Å². The Labute approximate surface area is 128 Å². The highest BCUT2D eigenvalue weighted by atomic mass is 32.2. The molecule has 0 radical (unpaired) electrons. The Morgan fingerprint density at radius 3 is 2.67 bits per heavy atom. The summed E-state index contributed by atoms with van der Waals surface area (Å²) in [6.45, 7) is 4.30. The van der Waals surface area contributed by atoms with E-state index in [-0.39, 0.29) is 18.3 Å². The first-order chi connectivity index (χ1) is 10.1. The Hall–Kier alpha value is -1.81. The van der Waals surface area contributed by atoms with Gasteiger partial charge in [0, 0.05) is 17.0 Å². The molecule has 4 heteroatoms. The fourth-order valence-corrected chi connectivity index (χ4v) is 2.83. The van der Waals surface area contributed by atoms with Gasteiger partial charge < -0.3 is 5.32 Å². The third kappa shape index (κ3) is 4.60. The number of hydrogen-bond acceptors (Lipinski definition) is 2. The molecule has 0 saturated carbocycles. The predicted molar refractivity (Wildman–Crippen MR) is 84.9 cm³/mol. The maximum atomic E-state index is 13.4. The highest BCUT2D eigenvalue weighted by Crippen LogP contribution is 2.22. The molecule has 0 saturated heterocycles. The Balaban J connectivity index is 1.84. The fraction of sp³-hybridized carbons (Fsp3) is 0.235. The molecule has 21 heavy (non-hydrogen) atoms. The van der Waals surface area contributed by atoms with E-state index >= 15 is 0 Å². The molecule has 1 N–H and O–H groups in total. The van der Waals surface area contributed by atoms with Crippen LogP contribution in [0.1, 0.15) is 16.7 Å². The molecule has 2 aromatic rings. The largest absolute Gasteiger partial charge is 0.351 e. The molecule has 0 atom stereocenters. The lowest BCUT2D eigenvalue weighted by Crippen LogP contribution is -2.25. The molecule has 0 aliphatic carbocycles. The Bertz CT molecular complexity index is 642. The zero-order valence-corrected chi connectivity index (χ0v) is 13.0. The predicted octanol–water partition coefficient (Wildman–Crippen LogP) is 3.85. The van der Waals surface area contributed by atoms with Crippen molar-refractivity contribution < 1.29 is 9.18 Å². The van der Waals surface area contributed by atoms with Crippen LogP contribution in [0.4, 0.5) is 4.39 Å². The van der Waals surface area contributed by atoms with Crippen LogP contribution in [0.3, 0.4) is 0 Å². The van der Waals surface area contributed by atoms with Gasteiger partial charge in [0.2, 0.25) is 5.91 Å². The first kappa shape index (κ1) is 15.6. The molecule has 0 unspecified atom stereocenters. The fourth-order valence-electron chi connectivity index (χ4n) is 1.99. The number of hydrogen-bond donors (Lipinski definition) is 1. The smallest absolute Gasteiger partial charge is 0.230 e. The summed E-state index contributed by atoms with van der Waals surface area (Å²) >= 11 is 1.50. The second kappa shape index (κ2) is 7.27. The van der Waals surface area contributed by atoms with Gasteiger partial charge in [0.05, 0.1) is 5.75 Å². The number of benzene rings is 2. The van der Waals surface area contributed by atoms with Crippen LogP contribution in [0.25, 0.3) is 0 Å². The van der Waals surface area contributed by atoms with E-state index < -0.39 is 0 Å². The van der Waals surface area contributed by atoms with Gasteiger partial charge in [-0.15, -0.1) is 11.8 Å².